The van der Waals surface area contributed by atoms with Crippen LogP contribution in [0.4, 0.5) is 4.79 Å². The standard InChI is InChI=1S/C15H28N2O3S/c1-21-10-5-3-2-4-9-16-15(20)17-11-12-7-6-8-13(12)14(18)19/h12-13H,2-11H2,1H3,(H,18,19)(H2,16,17,20). The van der Waals surface area contributed by atoms with Gasteiger partial charge in [-0.05, 0) is 43.6 Å². The molecule has 0 aromatic heterocycles. The monoisotopic (exact) mass is 316 g/mol. The van der Waals surface area contributed by atoms with E-state index in [0.717, 1.165) is 32.1 Å². The third-order valence-corrected chi connectivity index (χ3v) is 4.76. The summed E-state index contributed by atoms with van der Waals surface area (Å²) in [7, 11) is 0. The van der Waals surface area contributed by atoms with Gasteiger partial charge in [-0.2, -0.15) is 11.8 Å². The molecule has 5 nitrogen and oxygen atoms in total. The van der Waals surface area contributed by atoms with Gasteiger partial charge in [-0.1, -0.05) is 19.3 Å². The van der Waals surface area contributed by atoms with Gasteiger partial charge in [-0.25, -0.2) is 4.79 Å². The van der Waals surface area contributed by atoms with Crippen LogP contribution in [-0.4, -0.2) is 42.2 Å². The molecule has 1 rings (SSSR count). The van der Waals surface area contributed by atoms with Crippen molar-refractivity contribution >= 4 is 23.8 Å². The molecule has 1 saturated carbocycles. The molecule has 1 aliphatic carbocycles. The van der Waals surface area contributed by atoms with Crippen LogP contribution in [0.2, 0.25) is 0 Å². The number of amides is 2. The van der Waals surface area contributed by atoms with E-state index in [1.54, 1.807) is 0 Å². The normalized spacial score (nSPS) is 21.2. The summed E-state index contributed by atoms with van der Waals surface area (Å²) in [6.45, 7) is 1.16. The highest BCUT2D eigenvalue weighted by Crippen LogP contribution is 2.31. The van der Waals surface area contributed by atoms with E-state index < -0.39 is 5.97 Å². The first kappa shape index (κ1) is 18.1. The smallest absolute Gasteiger partial charge is 0.314 e. The molecule has 0 aromatic carbocycles. The zero-order valence-corrected chi connectivity index (χ0v) is 13.7. The van der Waals surface area contributed by atoms with Crippen molar-refractivity contribution in [2.24, 2.45) is 11.8 Å². The van der Waals surface area contributed by atoms with Crippen LogP contribution in [0.1, 0.15) is 44.9 Å². The lowest BCUT2D eigenvalue weighted by atomic mass is 9.96. The van der Waals surface area contributed by atoms with Crippen LogP contribution >= 0.6 is 11.8 Å². The Labute approximate surface area is 131 Å². The quantitative estimate of drug-likeness (QED) is 0.542. The van der Waals surface area contributed by atoms with E-state index in [2.05, 4.69) is 16.9 Å². The molecule has 2 amide bonds. The molecule has 3 N–H and O–H groups in total. The highest BCUT2D eigenvalue weighted by Gasteiger charge is 2.32. The number of thioether (sulfide) groups is 1. The van der Waals surface area contributed by atoms with Crippen molar-refractivity contribution in [3.63, 3.8) is 0 Å². The van der Waals surface area contributed by atoms with Crippen molar-refractivity contribution in [2.45, 2.75) is 44.9 Å². The second kappa shape index (κ2) is 10.8. The first-order valence-corrected chi connectivity index (χ1v) is 9.28. The third kappa shape index (κ3) is 7.60. The molecule has 0 bridgehead atoms. The van der Waals surface area contributed by atoms with Crippen LogP contribution < -0.4 is 10.6 Å². The number of aliphatic carboxylic acids is 1. The van der Waals surface area contributed by atoms with Crippen LogP contribution in [0, 0.1) is 11.8 Å². The fraction of sp³-hybridized carbons (Fsp3) is 0.867. The molecule has 122 valence electrons. The SMILES string of the molecule is CSCCCCCCNC(=O)NCC1CCCC1C(=O)O. The minimum Gasteiger partial charge on any atom is -0.481 e. The average molecular weight is 316 g/mol. The van der Waals surface area contributed by atoms with Gasteiger partial charge in [0.25, 0.3) is 0 Å². The molecular weight excluding hydrogens is 288 g/mol. The van der Waals surface area contributed by atoms with Crippen molar-refractivity contribution in [1.82, 2.24) is 10.6 Å². The predicted octanol–water partition coefficient (Wildman–Crippen LogP) is 2.71. The van der Waals surface area contributed by atoms with Gasteiger partial charge in [0.2, 0.25) is 0 Å². The van der Waals surface area contributed by atoms with Crippen molar-refractivity contribution in [1.29, 1.82) is 0 Å². The molecule has 0 aromatic rings. The van der Waals surface area contributed by atoms with Gasteiger partial charge < -0.3 is 15.7 Å². The minimum absolute atomic E-state index is 0.0831. The first-order valence-electron chi connectivity index (χ1n) is 7.88. The summed E-state index contributed by atoms with van der Waals surface area (Å²) in [4.78, 5) is 22.7. The average Bonchev–Trinajstić information content (AvgIpc) is 2.93. The molecule has 0 spiro atoms. The maximum Gasteiger partial charge on any atom is 0.314 e. The lowest BCUT2D eigenvalue weighted by Gasteiger charge is -2.16. The Morgan fingerprint density at radius 3 is 2.62 bits per heavy atom. The first-order chi connectivity index (χ1) is 10.1. The Morgan fingerprint density at radius 1 is 1.14 bits per heavy atom. The Morgan fingerprint density at radius 2 is 1.90 bits per heavy atom. The molecule has 6 heteroatoms. The number of carboxylic acids is 1. The van der Waals surface area contributed by atoms with Gasteiger partial charge in [-0.15, -0.1) is 0 Å². The van der Waals surface area contributed by atoms with E-state index in [-0.39, 0.29) is 17.9 Å². The van der Waals surface area contributed by atoms with Crippen molar-refractivity contribution in [3.05, 3.63) is 0 Å². The number of unbranched alkanes of at least 4 members (excludes halogenated alkanes) is 3. The maximum atomic E-state index is 11.6. The summed E-state index contributed by atoms with van der Waals surface area (Å²) < 4.78 is 0. The highest BCUT2D eigenvalue weighted by atomic mass is 32.2. The Kier molecular flexibility index (Phi) is 9.30. The Bertz CT molecular complexity index is 326. The summed E-state index contributed by atoms with van der Waals surface area (Å²) in [5.41, 5.74) is 0. The van der Waals surface area contributed by atoms with Gasteiger partial charge in [-0.3, -0.25) is 4.79 Å². The van der Waals surface area contributed by atoms with E-state index in [4.69, 9.17) is 5.11 Å². The topological polar surface area (TPSA) is 78.4 Å². The fourth-order valence-corrected chi connectivity index (χ4v) is 3.31. The Hall–Kier alpha value is -0.910. The lowest BCUT2D eigenvalue weighted by molar-refractivity contribution is -0.142. The van der Waals surface area contributed by atoms with Crippen LogP contribution in [0.25, 0.3) is 0 Å². The minimum atomic E-state index is -0.732. The molecule has 0 heterocycles. The molecule has 2 atom stereocenters. The van der Waals surface area contributed by atoms with Crippen LogP contribution in [0.15, 0.2) is 0 Å². The van der Waals surface area contributed by atoms with E-state index in [1.807, 2.05) is 11.8 Å². The summed E-state index contributed by atoms with van der Waals surface area (Å²) >= 11 is 1.87. The predicted molar refractivity (Wildman–Crippen MR) is 86.7 cm³/mol. The number of carboxylic acid groups (broad SMARTS) is 1. The molecule has 1 fully saturated rings. The van der Waals surface area contributed by atoms with Crippen molar-refractivity contribution in [3.8, 4) is 0 Å². The van der Waals surface area contributed by atoms with Crippen LogP contribution in [-0.2, 0) is 4.79 Å². The largest absolute Gasteiger partial charge is 0.481 e. The van der Waals surface area contributed by atoms with E-state index in [9.17, 15) is 9.59 Å². The Balaban J connectivity index is 2.02. The zero-order chi connectivity index (χ0) is 15.5. The molecule has 0 saturated heterocycles. The third-order valence-electron chi connectivity index (χ3n) is 4.06. The lowest BCUT2D eigenvalue weighted by Crippen LogP contribution is -2.40. The van der Waals surface area contributed by atoms with Crippen LogP contribution in [0.3, 0.4) is 0 Å². The van der Waals surface area contributed by atoms with E-state index in [1.165, 1.54) is 18.6 Å². The number of hydrogen-bond donors (Lipinski definition) is 3. The molecule has 0 aliphatic heterocycles. The molecule has 2 unspecified atom stereocenters. The zero-order valence-electron chi connectivity index (χ0n) is 12.9. The van der Waals surface area contributed by atoms with Crippen molar-refractivity contribution < 1.29 is 14.7 Å². The van der Waals surface area contributed by atoms with Gasteiger partial charge in [0.15, 0.2) is 0 Å². The van der Waals surface area contributed by atoms with Crippen molar-refractivity contribution in [2.75, 3.05) is 25.1 Å². The number of hydrogen-bond acceptors (Lipinski definition) is 3. The maximum absolute atomic E-state index is 11.6. The molecule has 21 heavy (non-hydrogen) atoms. The highest BCUT2D eigenvalue weighted by molar-refractivity contribution is 7.98. The second-order valence-corrected chi connectivity index (χ2v) is 6.67. The van der Waals surface area contributed by atoms with E-state index in [0.29, 0.717) is 13.1 Å². The fourth-order valence-electron chi connectivity index (χ4n) is 2.82. The van der Waals surface area contributed by atoms with Gasteiger partial charge in [0.05, 0.1) is 5.92 Å². The second-order valence-electron chi connectivity index (χ2n) is 5.68. The van der Waals surface area contributed by atoms with Gasteiger partial charge in [0, 0.05) is 13.1 Å². The van der Waals surface area contributed by atoms with E-state index >= 15 is 0 Å². The summed E-state index contributed by atoms with van der Waals surface area (Å²) in [6, 6.07) is -0.171. The number of carbonyl (C=O) groups is 2. The van der Waals surface area contributed by atoms with Gasteiger partial charge in [0.1, 0.15) is 0 Å². The molecule has 1 aliphatic rings. The van der Waals surface area contributed by atoms with Crippen LogP contribution in [0.5, 0.6) is 0 Å². The number of carbonyl (C=O) groups excluding carboxylic acids is 1. The molecular formula is C15H28N2O3S. The number of rotatable bonds is 10. The summed E-state index contributed by atoms with van der Waals surface area (Å²) in [5.74, 6) is 0.270. The number of urea groups is 1. The summed E-state index contributed by atoms with van der Waals surface area (Å²) in [5, 5.41) is 14.7. The van der Waals surface area contributed by atoms with Gasteiger partial charge >= 0.3 is 12.0 Å². The summed E-state index contributed by atoms with van der Waals surface area (Å²) in [6.07, 6.45) is 9.30. The number of nitrogens with one attached hydrogen (secondary N) is 2. The molecule has 0 radical (unpaired) electrons.